The summed E-state index contributed by atoms with van der Waals surface area (Å²) in [5, 5.41) is 4.32. The van der Waals surface area contributed by atoms with Crippen molar-refractivity contribution in [3.63, 3.8) is 0 Å². The molecule has 0 atom stereocenters. The van der Waals surface area contributed by atoms with Gasteiger partial charge >= 0.3 is 0 Å². The average molecular weight is 371 g/mol. The molecule has 21 heavy (non-hydrogen) atoms. The van der Waals surface area contributed by atoms with Gasteiger partial charge in [0.25, 0.3) is 0 Å². The number of hydrogen-bond donors (Lipinski definition) is 0. The van der Waals surface area contributed by atoms with Gasteiger partial charge in [-0.2, -0.15) is 5.10 Å². The number of carbonyl (C=O) groups excluding carboxylic acids is 1. The number of carbonyl (C=O) groups is 1. The second-order valence-corrected chi connectivity index (χ2v) is 7.95. The van der Waals surface area contributed by atoms with E-state index in [-0.39, 0.29) is 18.1 Å². The van der Waals surface area contributed by atoms with Gasteiger partial charge in [-0.3, -0.25) is 9.48 Å². The van der Waals surface area contributed by atoms with Gasteiger partial charge in [0, 0.05) is 22.0 Å². The number of aromatic nitrogens is 2. The fourth-order valence-corrected chi connectivity index (χ4v) is 2.86. The van der Waals surface area contributed by atoms with Crippen molar-refractivity contribution in [1.82, 2.24) is 9.78 Å². The number of nitrogens with zero attached hydrogens (tertiary/aromatic N) is 2. The lowest BCUT2D eigenvalue weighted by molar-refractivity contribution is 0.112. The van der Waals surface area contributed by atoms with Crippen LogP contribution in [0.15, 0.2) is 34.9 Å². The molecular formula is C14H15BrN2O3S. The number of halogens is 1. The second kappa shape index (κ2) is 6.53. The number of aldehydes is 1. The van der Waals surface area contributed by atoms with Crippen molar-refractivity contribution in [2.45, 2.75) is 13.5 Å². The predicted molar refractivity (Wildman–Crippen MR) is 85.1 cm³/mol. The minimum atomic E-state index is -3.05. The van der Waals surface area contributed by atoms with Gasteiger partial charge in [-0.05, 0) is 12.1 Å². The summed E-state index contributed by atoms with van der Waals surface area (Å²) in [5.74, 6) is 0.123. The third-order valence-electron chi connectivity index (χ3n) is 3.11. The molecule has 0 spiro atoms. The Kier molecular flexibility index (Phi) is 4.95. The molecule has 0 aliphatic carbocycles. The minimum Gasteiger partial charge on any atom is -0.298 e. The Morgan fingerprint density at radius 1 is 1.29 bits per heavy atom. The van der Waals surface area contributed by atoms with Crippen LogP contribution in [0.3, 0.4) is 0 Å². The van der Waals surface area contributed by atoms with Gasteiger partial charge in [-0.15, -0.1) is 0 Å². The maximum Gasteiger partial charge on any atom is 0.153 e. The predicted octanol–water partition coefficient (Wildman–Crippen LogP) is 2.56. The Labute approximate surface area is 132 Å². The van der Waals surface area contributed by atoms with Gasteiger partial charge in [-0.1, -0.05) is 35.0 Å². The quantitative estimate of drug-likeness (QED) is 0.732. The number of rotatable bonds is 6. The van der Waals surface area contributed by atoms with Crippen LogP contribution >= 0.6 is 15.9 Å². The first-order valence-electron chi connectivity index (χ1n) is 6.44. The summed E-state index contributed by atoms with van der Waals surface area (Å²) in [5.41, 5.74) is 1.83. The first-order chi connectivity index (χ1) is 9.95. The first kappa shape index (κ1) is 15.9. The van der Waals surface area contributed by atoms with E-state index in [0.29, 0.717) is 11.3 Å². The summed E-state index contributed by atoms with van der Waals surface area (Å²) in [4.78, 5) is 11.2. The van der Waals surface area contributed by atoms with E-state index in [1.165, 1.54) is 4.68 Å². The van der Waals surface area contributed by atoms with E-state index in [2.05, 4.69) is 21.0 Å². The number of sulfone groups is 1. The van der Waals surface area contributed by atoms with E-state index in [0.717, 1.165) is 16.3 Å². The third-order valence-corrected chi connectivity index (χ3v) is 5.32. The van der Waals surface area contributed by atoms with E-state index in [4.69, 9.17) is 0 Å². The summed E-state index contributed by atoms with van der Waals surface area (Å²) >= 11 is 3.35. The summed E-state index contributed by atoms with van der Waals surface area (Å²) < 4.78 is 25.5. The highest BCUT2D eigenvalue weighted by Gasteiger charge is 2.13. The number of aryl methyl sites for hydroxylation is 1. The molecule has 0 unspecified atom stereocenters. The van der Waals surface area contributed by atoms with Crippen LogP contribution in [0.25, 0.3) is 11.3 Å². The molecule has 112 valence electrons. The Hall–Kier alpha value is -1.47. The van der Waals surface area contributed by atoms with E-state index >= 15 is 0 Å². The van der Waals surface area contributed by atoms with Gasteiger partial charge in [0.15, 0.2) is 16.1 Å². The van der Waals surface area contributed by atoms with Crippen LogP contribution in [0.2, 0.25) is 0 Å². The summed E-state index contributed by atoms with van der Waals surface area (Å²) in [6.45, 7) is 1.86. The van der Waals surface area contributed by atoms with Crippen LogP contribution in [0.5, 0.6) is 0 Å². The molecule has 1 aromatic carbocycles. The summed E-state index contributed by atoms with van der Waals surface area (Å²) in [7, 11) is -3.05. The van der Waals surface area contributed by atoms with Crippen LogP contribution in [0.1, 0.15) is 17.3 Å². The van der Waals surface area contributed by atoms with Crippen LogP contribution in [-0.4, -0.2) is 36.0 Å². The van der Waals surface area contributed by atoms with E-state index in [1.54, 1.807) is 13.1 Å². The zero-order chi connectivity index (χ0) is 15.5. The smallest absolute Gasteiger partial charge is 0.153 e. The van der Waals surface area contributed by atoms with Gasteiger partial charge in [0.1, 0.15) is 5.69 Å². The van der Waals surface area contributed by atoms with Crippen molar-refractivity contribution < 1.29 is 13.2 Å². The lowest BCUT2D eigenvalue weighted by Gasteiger charge is -2.02. The molecule has 5 nitrogen and oxygen atoms in total. The highest BCUT2D eigenvalue weighted by atomic mass is 79.9. The molecule has 1 aromatic heterocycles. The normalized spacial score (nSPS) is 11.5. The summed E-state index contributed by atoms with van der Waals surface area (Å²) in [6, 6.07) is 7.44. The highest BCUT2D eigenvalue weighted by Crippen LogP contribution is 2.23. The van der Waals surface area contributed by atoms with Crippen molar-refractivity contribution in [2.75, 3.05) is 11.5 Å². The molecule has 0 aliphatic heterocycles. The maximum absolute atomic E-state index is 11.5. The second-order valence-electron chi connectivity index (χ2n) is 4.56. The highest BCUT2D eigenvalue weighted by molar-refractivity contribution is 9.10. The number of hydrogen-bond acceptors (Lipinski definition) is 4. The molecule has 0 amide bonds. The van der Waals surface area contributed by atoms with Crippen LogP contribution < -0.4 is 0 Å². The molecule has 0 fully saturated rings. The maximum atomic E-state index is 11.5. The van der Waals surface area contributed by atoms with Crippen LogP contribution in [0.4, 0.5) is 0 Å². The third kappa shape index (κ3) is 4.01. The molecule has 1 heterocycles. The SMILES string of the molecule is CCS(=O)(=O)CCn1cc(C=O)c(-c2ccc(Br)cc2)n1. The molecule has 0 radical (unpaired) electrons. The molecule has 0 saturated heterocycles. The molecule has 7 heteroatoms. The zero-order valence-corrected chi connectivity index (χ0v) is 13.9. The average Bonchev–Trinajstić information content (AvgIpc) is 2.89. The topological polar surface area (TPSA) is 69.0 Å². The van der Waals surface area contributed by atoms with Gasteiger partial charge in [0.2, 0.25) is 0 Å². The van der Waals surface area contributed by atoms with E-state index in [1.807, 2.05) is 24.3 Å². The monoisotopic (exact) mass is 370 g/mol. The van der Waals surface area contributed by atoms with Gasteiger partial charge < -0.3 is 0 Å². The minimum absolute atomic E-state index is 0.0171. The van der Waals surface area contributed by atoms with Crippen molar-refractivity contribution in [3.05, 3.63) is 40.5 Å². The molecule has 0 saturated carbocycles. The lowest BCUT2D eigenvalue weighted by atomic mass is 10.1. The van der Waals surface area contributed by atoms with Crippen molar-refractivity contribution in [2.24, 2.45) is 0 Å². The molecular weight excluding hydrogens is 356 g/mol. The van der Waals surface area contributed by atoms with E-state index in [9.17, 15) is 13.2 Å². The van der Waals surface area contributed by atoms with Crippen molar-refractivity contribution in [1.29, 1.82) is 0 Å². The van der Waals surface area contributed by atoms with Crippen LogP contribution in [-0.2, 0) is 16.4 Å². The lowest BCUT2D eigenvalue weighted by Crippen LogP contribution is -2.14. The molecule has 0 N–H and O–H groups in total. The Morgan fingerprint density at radius 3 is 2.52 bits per heavy atom. The van der Waals surface area contributed by atoms with Crippen molar-refractivity contribution >= 4 is 32.1 Å². The molecule has 0 bridgehead atoms. The van der Waals surface area contributed by atoms with Crippen LogP contribution in [0, 0.1) is 0 Å². The largest absolute Gasteiger partial charge is 0.298 e. The first-order valence-corrected chi connectivity index (χ1v) is 9.05. The molecule has 0 aliphatic rings. The van der Waals surface area contributed by atoms with Gasteiger partial charge in [0.05, 0.1) is 17.9 Å². The number of benzene rings is 1. The summed E-state index contributed by atoms with van der Waals surface area (Å²) in [6.07, 6.45) is 2.31. The Morgan fingerprint density at radius 2 is 1.95 bits per heavy atom. The molecule has 2 rings (SSSR count). The zero-order valence-electron chi connectivity index (χ0n) is 11.5. The molecule has 2 aromatic rings. The van der Waals surface area contributed by atoms with Gasteiger partial charge in [-0.25, -0.2) is 8.42 Å². The van der Waals surface area contributed by atoms with E-state index < -0.39 is 9.84 Å². The fraction of sp³-hybridized carbons (Fsp3) is 0.286. The van der Waals surface area contributed by atoms with Crippen molar-refractivity contribution in [3.8, 4) is 11.3 Å². The fourth-order valence-electron chi connectivity index (χ4n) is 1.85. The Bertz CT molecular complexity index is 736. The standard InChI is InChI=1S/C14H15BrN2O3S/c1-2-21(19,20)8-7-17-9-12(10-18)14(16-17)11-3-5-13(15)6-4-11/h3-6,9-10H,2,7-8H2,1H3. The Balaban J connectivity index is 2.27.